The Morgan fingerprint density at radius 1 is 0.591 bits per heavy atom. The quantitative estimate of drug-likeness (QED) is 0.217. The summed E-state index contributed by atoms with van der Waals surface area (Å²) >= 11 is 0. The van der Waals surface area contributed by atoms with Gasteiger partial charge >= 0.3 is 0 Å². The highest BCUT2D eigenvalue weighted by Gasteiger charge is 2.55. The molecule has 44 heavy (non-hydrogen) atoms. The van der Waals surface area contributed by atoms with E-state index in [4.69, 9.17) is 15.0 Å². The number of hydrogen-bond acceptors (Lipinski definition) is 3. The number of hydrogen-bond donors (Lipinski definition) is 0. The third-order valence-electron chi connectivity index (χ3n) is 10.0. The highest BCUT2D eigenvalue weighted by Crippen LogP contribution is 2.65. The zero-order valence-corrected chi connectivity index (χ0v) is 24.9. The SMILES string of the molecule is CC1C2=C(C=CC1c1nc(-c3cccn3C)nc(-c3cccn3C)n1)c1ccccc1C21c2ccccc2-c2ccccc21. The molecule has 0 saturated heterocycles. The minimum atomic E-state index is -0.365. The second-order valence-electron chi connectivity index (χ2n) is 12.2. The summed E-state index contributed by atoms with van der Waals surface area (Å²) < 4.78 is 4.15. The Kier molecular flexibility index (Phi) is 5.22. The summed E-state index contributed by atoms with van der Waals surface area (Å²) in [4.78, 5) is 15.4. The van der Waals surface area contributed by atoms with E-state index < -0.39 is 0 Å². The minimum Gasteiger partial charge on any atom is -0.348 e. The molecule has 5 nitrogen and oxygen atoms in total. The molecule has 3 heterocycles. The second kappa shape index (κ2) is 9.10. The summed E-state index contributed by atoms with van der Waals surface area (Å²) in [5, 5.41) is 0. The van der Waals surface area contributed by atoms with Crippen molar-refractivity contribution in [1.82, 2.24) is 24.1 Å². The standard InChI is InChI=1S/C39H31N5/c1-24-25(36-40-37(33-18-10-22-43(33)2)42-38(41-36)34-19-11-23-44(34)3)20-21-29-28-14-6-9-17-32(28)39(35(24)29)30-15-7-4-12-26(30)27-13-5-8-16-31(27)39/h4-25H,1-3H3. The highest BCUT2D eigenvalue weighted by molar-refractivity contribution is 5.97. The number of rotatable bonds is 3. The van der Waals surface area contributed by atoms with Crippen LogP contribution in [-0.4, -0.2) is 24.1 Å². The lowest BCUT2D eigenvalue weighted by molar-refractivity contribution is 0.519. The third kappa shape index (κ3) is 3.21. The predicted octanol–water partition coefficient (Wildman–Crippen LogP) is 7.95. The van der Waals surface area contributed by atoms with Crippen molar-refractivity contribution in [3.8, 4) is 34.2 Å². The molecule has 0 saturated carbocycles. The van der Waals surface area contributed by atoms with Gasteiger partial charge in [0.2, 0.25) is 0 Å². The van der Waals surface area contributed by atoms with Crippen LogP contribution in [0.5, 0.6) is 0 Å². The van der Waals surface area contributed by atoms with Gasteiger partial charge < -0.3 is 9.13 Å². The summed E-state index contributed by atoms with van der Waals surface area (Å²) in [6.45, 7) is 2.37. The molecule has 0 aliphatic heterocycles. The zero-order chi connectivity index (χ0) is 29.6. The summed E-state index contributed by atoms with van der Waals surface area (Å²) in [6, 6.07) is 35.2. The van der Waals surface area contributed by atoms with Gasteiger partial charge in [-0.2, -0.15) is 0 Å². The minimum absolute atomic E-state index is 0.0269. The van der Waals surface area contributed by atoms with Crippen LogP contribution in [0.15, 0.2) is 127 Å². The molecule has 5 heteroatoms. The van der Waals surface area contributed by atoms with E-state index in [1.54, 1.807) is 0 Å². The van der Waals surface area contributed by atoms with E-state index in [0.717, 1.165) is 17.2 Å². The van der Waals surface area contributed by atoms with E-state index in [2.05, 4.69) is 113 Å². The van der Waals surface area contributed by atoms with Gasteiger partial charge in [-0.3, -0.25) is 0 Å². The van der Waals surface area contributed by atoms with Crippen LogP contribution >= 0.6 is 0 Å². The average Bonchev–Trinajstić information content (AvgIpc) is 3.82. The largest absolute Gasteiger partial charge is 0.348 e. The summed E-state index contributed by atoms with van der Waals surface area (Å²) in [7, 11) is 4.07. The molecule has 2 unspecified atom stereocenters. The molecular formula is C39H31N5. The van der Waals surface area contributed by atoms with Gasteiger partial charge in [0.15, 0.2) is 11.6 Å². The van der Waals surface area contributed by atoms with Gasteiger partial charge in [-0.05, 0) is 74.7 Å². The zero-order valence-electron chi connectivity index (χ0n) is 24.9. The smallest absolute Gasteiger partial charge is 0.180 e. The lowest BCUT2D eigenvalue weighted by Gasteiger charge is -2.38. The van der Waals surface area contributed by atoms with Crippen molar-refractivity contribution in [1.29, 1.82) is 0 Å². The lowest BCUT2D eigenvalue weighted by atomic mass is 9.63. The van der Waals surface area contributed by atoms with Gasteiger partial charge in [-0.1, -0.05) is 91.9 Å². The number of aromatic nitrogens is 5. The summed E-state index contributed by atoms with van der Waals surface area (Å²) in [5.41, 5.74) is 12.4. The topological polar surface area (TPSA) is 48.5 Å². The van der Waals surface area contributed by atoms with Crippen LogP contribution in [0.4, 0.5) is 0 Å². The molecule has 9 rings (SSSR count). The van der Waals surface area contributed by atoms with Crippen molar-refractivity contribution >= 4 is 5.57 Å². The predicted molar refractivity (Wildman–Crippen MR) is 175 cm³/mol. The molecule has 1 spiro atoms. The Morgan fingerprint density at radius 2 is 1.09 bits per heavy atom. The fraction of sp³-hybridized carbons (Fsp3) is 0.154. The van der Waals surface area contributed by atoms with Crippen molar-refractivity contribution in [2.45, 2.75) is 18.3 Å². The Labute approximate surface area is 256 Å². The molecule has 3 aliphatic rings. The molecule has 3 aromatic carbocycles. The number of aryl methyl sites for hydroxylation is 2. The van der Waals surface area contributed by atoms with Gasteiger partial charge in [0, 0.05) is 32.4 Å². The summed E-state index contributed by atoms with van der Waals surface area (Å²) in [5.74, 6) is 2.29. The van der Waals surface area contributed by atoms with Gasteiger partial charge in [0.1, 0.15) is 5.82 Å². The van der Waals surface area contributed by atoms with Crippen LogP contribution < -0.4 is 0 Å². The first-order valence-corrected chi connectivity index (χ1v) is 15.3. The van der Waals surface area contributed by atoms with E-state index in [1.165, 1.54) is 44.5 Å². The van der Waals surface area contributed by atoms with Crippen LogP contribution in [-0.2, 0) is 19.5 Å². The monoisotopic (exact) mass is 569 g/mol. The maximum absolute atomic E-state index is 5.19. The highest BCUT2D eigenvalue weighted by atomic mass is 15.1. The Balaban J connectivity index is 1.28. The van der Waals surface area contributed by atoms with Crippen molar-refractivity contribution in [2.75, 3.05) is 0 Å². The first-order chi connectivity index (χ1) is 21.6. The second-order valence-corrected chi connectivity index (χ2v) is 12.2. The van der Waals surface area contributed by atoms with Gasteiger partial charge in [-0.25, -0.2) is 15.0 Å². The molecule has 0 N–H and O–H groups in total. The average molecular weight is 570 g/mol. The van der Waals surface area contributed by atoms with Gasteiger partial charge in [-0.15, -0.1) is 0 Å². The van der Waals surface area contributed by atoms with Crippen molar-refractivity contribution in [3.05, 3.63) is 155 Å². The van der Waals surface area contributed by atoms with Crippen molar-refractivity contribution < 1.29 is 0 Å². The fourth-order valence-corrected chi connectivity index (χ4v) is 8.13. The molecule has 3 aromatic heterocycles. The molecule has 2 atom stereocenters. The number of benzene rings is 3. The molecule has 0 amide bonds. The third-order valence-corrected chi connectivity index (χ3v) is 10.0. The molecule has 3 aliphatic carbocycles. The van der Waals surface area contributed by atoms with Gasteiger partial charge in [0.25, 0.3) is 0 Å². The first-order valence-electron chi connectivity index (χ1n) is 15.3. The molecular weight excluding hydrogens is 538 g/mol. The number of fused-ring (bicyclic) bond motifs is 9. The van der Waals surface area contributed by atoms with E-state index in [0.29, 0.717) is 11.6 Å². The fourth-order valence-electron chi connectivity index (χ4n) is 8.13. The van der Waals surface area contributed by atoms with E-state index in [1.807, 2.05) is 38.6 Å². The van der Waals surface area contributed by atoms with E-state index in [-0.39, 0.29) is 17.3 Å². The molecule has 0 radical (unpaired) electrons. The number of nitrogens with zero attached hydrogens (tertiary/aromatic N) is 5. The van der Waals surface area contributed by atoms with Gasteiger partial charge in [0.05, 0.1) is 16.8 Å². The van der Waals surface area contributed by atoms with Crippen LogP contribution in [0.25, 0.3) is 39.7 Å². The van der Waals surface area contributed by atoms with E-state index >= 15 is 0 Å². The maximum Gasteiger partial charge on any atom is 0.180 e. The Morgan fingerprint density at radius 3 is 1.61 bits per heavy atom. The molecule has 0 bridgehead atoms. The lowest BCUT2D eigenvalue weighted by Crippen LogP contribution is -2.33. The van der Waals surface area contributed by atoms with Crippen LogP contribution in [0, 0.1) is 5.92 Å². The van der Waals surface area contributed by atoms with Crippen LogP contribution in [0.2, 0.25) is 0 Å². The number of allylic oxidation sites excluding steroid dienone is 4. The maximum atomic E-state index is 5.19. The van der Waals surface area contributed by atoms with Crippen LogP contribution in [0.1, 0.15) is 40.9 Å². The summed E-state index contributed by atoms with van der Waals surface area (Å²) in [6.07, 6.45) is 8.74. The molecule has 212 valence electrons. The molecule has 0 fully saturated rings. The Bertz CT molecular complexity index is 2090. The normalized spacial score (nSPS) is 18.8. The van der Waals surface area contributed by atoms with Crippen molar-refractivity contribution in [3.63, 3.8) is 0 Å². The van der Waals surface area contributed by atoms with Crippen molar-refractivity contribution in [2.24, 2.45) is 20.0 Å². The first kappa shape index (κ1) is 25.2. The molecule has 6 aromatic rings. The Hall–Kier alpha value is -5.29. The van der Waals surface area contributed by atoms with E-state index in [9.17, 15) is 0 Å². The van der Waals surface area contributed by atoms with Crippen LogP contribution in [0.3, 0.4) is 0 Å².